The Morgan fingerprint density at radius 1 is 1.80 bits per heavy atom. The van der Waals surface area contributed by atoms with Crippen LogP contribution in [0, 0.1) is 0 Å². The molecule has 0 aliphatic rings. The predicted octanol–water partition coefficient (Wildman–Crippen LogP) is 1.33. The number of imidazole rings is 1. The molecule has 1 rings (SSSR count). The Bertz CT molecular complexity index is 202. The normalized spacial score (nSPS) is 10.3. The van der Waals surface area contributed by atoms with Gasteiger partial charge in [-0.1, -0.05) is 0 Å². The van der Waals surface area contributed by atoms with Gasteiger partial charge in [0.15, 0.2) is 4.73 Å². The maximum atomic E-state index is 4.90. The summed E-state index contributed by atoms with van der Waals surface area (Å²) >= 11 is 3.28. The monoisotopic (exact) mass is 204 g/mol. The van der Waals surface area contributed by atoms with Gasteiger partial charge in [-0.2, -0.15) is 0 Å². The van der Waals surface area contributed by atoms with Crippen molar-refractivity contribution in [2.75, 3.05) is 7.11 Å². The molecule has 0 amide bonds. The molecular weight excluding hydrogens is 196 g/mol. The lowest BCUT2D eigenvalue weighted by molar-refractivity contribution is 0.181. The summed E-state index contributed by atoms with van der Waals surface area (Å²) in [4.78, 5) is 4.15. The molecule has 56 valence electrons. The lowest BCUT2D eigenvalue weighted by Gasteiger charge is -1.88. The number of halogens is 1. The molecular formula is C6H9BrN2O. The third kappa shape index (κ3) is 1.58. The standard InChI is InChI=1S/C6H9BrN2O/c1-9-3-5(4-10-2)8-6(9)7/h3H,4H2,1-2H3. The van der Waals surface area contributed by atoms with Crippen LogP contribution >= 0.6 is 15.9 Å². The molecule has 4 heteroatoms. The van der Waals surface area contributed by atoms with Gasteiger partial charge in [-0.05, 0) is 15.9 Å². The molecule has 1 heterocycles. The van der Waals surface area contributed by atoms with Crippen LogP contribution in [0.2, 0.25) is 0 Å². The summed E-state index contributed by atoms with van der Waals surface area (Å²) in [5.74, 6) is 0. The molecule has 0 aliphatic heterocycles. The molecule has 0 saturated heterocycles. The molecule has 0 atom stereocenters. The third-order valence-electron chi connectivity index (χ3n) is 1.16. The van der Waals surface area contributed by atoms with Gasteiger partial charge in [0.05, 0.1) is 12.3 Å². The first-order valence-electron chi connectivity index (χ1n) is 2.90. The molecule has 0 spiro atoms. The van der Waals surface area contributed by atoms with Crippen LogP contribution in [0.25, 0.3) is 0 Å². The number of rotatable bonds is 2. The van der Waals surface area contributed by atoms with E-state index in [-0.39, 0.29) is 0 Å². The zero-order chi connectivity index (χ0) is 7.56. The Morgan fingerprint density at radius 2 is 2.50 bits per heavy atom. The van der Waals surface area contributed by atoms with E-state index in [4.69, 9.17) is 4.74 Å². The van der Waals surface area contributed by atoms with E-state index in [1.807, 2.05) is 17.8 Å². The van der Waals surface area contributed by atoms with E-state index in [0.717, 1.165) is 10.4 Å². The van der Waals surface area contributed by atoms with Crippen molar-refractivity contribution in [1.82, 2.24) is 9.55 Å². The average molecular weight is 205 g/mol. The molecule has 0 fully saturated rings. The minimum atomic E-state index is 0.569. The summed E-state index contributed by atoms with van der Waals surface area (Å²) in [6.07, 6.45) is 1.92. The summed E-state index contributed by atoms with van der Waals surface area (Å²) < 4.78 is 7.63. The molecule has 1 aromatic rings. The molecule has 0 bridgehead atoms. The van der Waals surface area contributed by atoms with Gasteiger partial charge >= 0.3 is 0 Å². The van der Waals surface area contributed by atoms with Crippen LogP contribution in [0.5, 0.6) is 0 Å². The van der Waals surface area contributed by atoms with Gasteiger partial charge in [0.2, 0.25) is 0 Å². The summed E-state index contributed by atoms with van der Waals surface area (Å²) in [6, 6.07) is 0. The van der Waals surface area contributed by atoms with E-state index in [9.17, 15) is 0 Å². The fourth-order valence-electron chi connectivity index (χ4n) is 0.720. The van der Waals surface area contributed by atoms with Crippen molar-refractivity contribution in [3.05, 3.63) is 16.6 Å². The number of aromatic nitrogens is 2. The topological polar surface area (TPSA) is 27.1 Å². The fraction of sp³-hybridized carbons (Fsp3) is 0.500. The second-order valence-corrected chi connectivity index (χ2v) is 2.75. The molecule has 1 aromatic heterocycles. The highest BCUT2D eigenvalue weighted by atomic mass is 79.9. The van der Waals surface area contributed by atoms with Gasteiger partial charge in [0, 0.05) is 20.4 Å². The number of nitrogens with zero attached hydrogens (tertiary/aromatic N) is 2. The average Bonchev–Trinajstić information content (AvgIpc) is 2.14. The van der Waals surface area contributed by atoms with E-state index in [1.165, 1.54) is 0 Å². The van der Waals surface area contributed by atoms with E-state index in [1.54, 1.807) is 7.11 Å². The smallest absolute Gasteiger partial charge is 0.177 e. The largest absolute Gasteiger partial charge is 0.378 e. The van der Waals surface area contributed by atoms with Crippen molar-refractivity contribution in [3.8, 4) is 0 Å². The fourth-order valence-corrected chi connectivity index (χ4v) is 1.05. The highest BCUT2D eigenvalue weighted by Crippen LogP contribution is 2.08. The van der Waals surface area contributed by atoms with Gasteiger partial charge in [-0.3, -0.25) is 0 Å². The van der Waals surface area contributed by atoms with Gasteiger partial charge in [0.25, 0.3) is 0 Å². The molecule has 0 aliphatic carbocycles. The van der Waals surface area contributed by atoms with E-state index >= 15 is 0 Å². The van der Waals surface area contributed by atoms with Crippen molar-refractivity contribution in [3.63, 3.8) is 0 Å². The summed E-state index contributed by atoms with van der Waals surface area (Å²) in [5, 5.41) is 0. The van der Waals surface area contributed by atoms with E-state index in [0.29, 0.717) is 6.61 Å². The Morgan fingerprint density at radius 3 is 2.90 bits per heavy atom. The van der Waals surface area contributed by atoms with Crippen molar-refractivity contribution in [2.24, 2.45) is 7.05 Å². The first kappa shape index (κ1) is 7.75. The van der Waals surface area contributed by atoms with Gasteiger partial charge in [0.1, 0.15) is 0 Å². The summed E-state index contributed by atoms with van der Waals surface area (Å²) in [5.41, 5.74) is 0.942. The van der Waals surface area contributed by atoms with Crippen LogP contribution in [0.3, 0.4) is 0 Å². The molecule has 0 saturated carbocycles. The summed E-state index contributed by atoms with van der Waals surface area (Å²) in [6.45, 7) is 0.569. The molecule has 10 heavy (non-hydrogen) atoms. The van der Waals surface area contributed by atoms with Crippen LogP contribution < -0.4 is 0 Å². The Kier molecular flexibility index (Phi) is 2.45. The van der Waals surface area contributed by atoms with Crippen LogP contribution in [0.1, 0.15) is 5.69 Å². The van der Waals surface area contributed by atoms with Gasteiger partial charge < -0.3 is 9.30 Å². The molecule has 3 nitrogen and oxygen atoms in total. The second kappa shape index (κ2) is 3.16. The highest BCUT2D eigenvalue weighted by Gasteiger charge is 1.99. The SMILES string of the molecule is COCc1cn(C)c(Br)n1. The number of methoxy groups -OCH3 is 1. The minimum Gasteiger partial charge on any atom is -0.378 e. The maximum Gasteiger partial charge on any atom is 0.177 e. The lowest BCUT2D eigenvalue weighted by Crippen LogP contribution is -1.85. The van der Waals surface area contributed by atoms with Crippen LogP contribution in [-0.2, 0) is 18.4 Å². The quantitative estimate of drug-likeness (QED) is 0.728. The highest BCUT2D eigenvalue weighted by molar-refractivity contribution is 9.10. The number of ether oxygens (including phenoxy) is 1. The van der Waals surface area contributed by atoms with E-state index < -0.39 is 0 Å². The Hall–Kier alpha value is -0.350. The van der Waals surface area contributed by atoms with Crippen LogP contribution in [0.15, 0.2) is 10.9 Å². The zero-order valence-corrected chi connectivity index (χ0v) is 7.55. The second-order valence-electron chi connectivity index (χ2n) is 2.05. The molecule has 0 radical (unpaired) electrons. The lowest BCUT2D eigenvalue weighted by atomic mass is 10.5. The van der Waals surface area contributed by atoms with Crippen LogP contribution in [0.4, 0.5) is 0 Å². The third-order valence-corrected chi connectivity index (χ3v) is 1.90. The zero-order valence-electron chi connectivity index (χ0n) is 5.97. The molecule has 0 N–H and O–H groups in total. The van der Waals surface area contributed by atoms with Crippen molar-refractivity contribution in [2.45, 2.75) is 6.61 Å². The number of hydrogen-bond acceptors (Lipinski definition) is 2. The van der Waals surface area contributed by atoms with Crippen molar-refractivity contribution >= 4 is 15.9 Å². The Balaban J connectivity index is 2.77. The van der Waals surface area contributed by atoms with Crippen molar-refractivity contribution in [1.29, 1.82) is 0 Å². The van der Waals surface area contributed by atoms with E-state index in [2.05, 4.69) is 20.9 Å². The van der Waals surface area contributed by atoms with Gasteiger partial charge in [-0.15, -0.1) is 0 Å². The first-order valence-corrected chi connectivity index (χ1v) is 3.70. The van der Waals surface area contributed by atoms with Crippen molar-refractivity contribution < 1.29 is 4.74 Å². The maximum absolute atomic E-state index is 4.90. The predicted molar refractivity (Wildman–Crippen MR) is 41.6 cm³/mol. The number of hydrogen-bond donors (Lipinski definition) is 0. The molecule has 0 aromatic carbocycles. The Labute approximate surface area is 68.1 Å². The van der Waals surface area contributed by atoms with Crippen LogP contribution in [-0.4, -0.2) is 16.7 Å². The minimum absolute atomic E-state index is 0.569. The molecule has 0 unspecified atom stereocenters. The summed E-state index contributed by atoms with van der Waals surface area (Å²) in [7, 11) is 3.58. The van der Waals surface area contributed by atoms with Gasteiger partial charge in [-0.25, -0.2) is 4.98 Å². The first-order chi connectivity index (χ1) is 4.74. The number of aryl methyl sites for hydroxylation is 1.